The third-order valence-electron chi connectivity index (χ3n) is 8.54. The first kappa shape index (κ1) is 29.6. The van der Waals surface area contributed by atoms with Gasteiger partial charge >= 0.3 is 0 Å². The maximum absolute atomic E-state index is 15.3. The molecular weight excluding hydrogens is 580 g/mol. The molecule has 1 N–H and O–H groups in total. The highest BCUT2D eigenvalue weighted by molar-refractivity contribution is 7.17. The molecule has 0 radical (unpaired) electrons. The molecule has 4 heterocycles. The van der Waals surface area contributed by atoms with E-state index < -0.39 is 5.60 Å². The summed E-state index contributed by atoms with van der Waals surface area (Å²) in [5.41, 5.74) is 2.97. The fraction of sp³-hybridized carbons (Fsp3) is 0.412. The molecule has 0 bridgehead atoms. The summed E-state index contributed by atoms with van der Waals surface area (Å²) >= 11 is 3.13. The van der Waals surface area contributed by atoms with Crippen LogP contribution in [0.5, 0.6) is 5.75 Å². The van der Waals surface area contributed by atoms with E-state index >= 15 is 4.39 Å². The number of aromatic nitrogens is 1. The maximum atomic E-state index is 15.3. The van der Waals surface area contributed by atoms with Gasteiger partial charge in [-0.2, -0.15) is 0 Å². The molecular formula is C34H39FN4O2S2. The van der Waals surface area contributed by atoms with Crippen molar-refractivity contribution in [3.05, 3.63) is 92.9 Å². The third-order valence-corrected chi connectivity index (χ3v) is 10.5. The summed E-state index contributed by atoms with van der Waals surface area (Å²) in [5, 5.41) is 5.91. The molecule has 1 amide bonds. The Morgan fingerprint density at radius 3 is 2.53 bits per heavy atom. The lowest BCUT2D eigenvalue weighted by Gasteiger charge is -2.41. The number of halogens is 1. The molecule has 0 saturated carbocycles. The quantitative estimate of drug-likeness (QED) is 0.233. The second kappa shape index (κ2) is 12.3. The van der Waals surface area contributed by atoms with Crippen LogP contribution in [0.4, 0.5) is 15.2 Å². The number of nitrogens with zero attached hydrogens (tertiary/aromatic N) is 3. The smallest absolute Gasteiger partial charge is 0.263 e. The van der Waals surface area contributed by atoms with Gasteiger partial charge in [-0.15, -0.1) is 11.3 Å². The van der Waals surface area contributed by atoms with Crippen molar-refractivity contribution in [3.63, 3.8) is 0 Å². The number of hydrogen-bond acceptors (Lipinski definition) is 7. The molecule has 2 aromatic heterocycles. The lowest BCUT2D eigenvalue weighted by Crippen LogP contribution is -2.48. The van der Waals surface area contributed by atoms with Crippen LogP contribution in [0.3, 0.4) is 0 Å². The highest BCUT2D eigenvalue weighted by atomic mass is 32.1. The summed E-state index contributed by atoms with van der Waals surface area (Å²) in [6, 6.07) is 18.1. The largest absolute Gasteiger partial charge is 0.482 e. The van der Waals surface area contributed by atoms with Gasteiger partial charge in [0.2, 0.25) is 0 Å². The zero-order chi connectivity index (χ0) is 30.0. The Labute approximate surface area is 261 Å². The molecule has 0 atom stereocenters. The number of carbonyl (C=O) groups excluding carboxylic acids is 1. The fourth-order valence-electron chi connectivity index (χ4n) is 5.88. The van der Waals surface area contributed by atoms with Gasteiger partial charge in [-0.1, -0.05) is 68.5 Å². The van der Waals surface area contributed by atoms with Crippen LogP contribution >= 0.6 is 22.7 Å². The topological polar surface area (TPSA) is 57.7 Å². The van der Waals surface area contributed by atoms with E-state index in [-0.39, 0.29) is 17.1 Å². The van der Waals surface area contributed by atoms with Gasteiger partial charge in [-0.3, -0.25) is 4.79 Å². The first-order valence-corrected chi connectivity index (χ1v) is 16.7. The summed E-state index contributed by atoms with van der Waals surface area (Å²) in [6.07, 6.45) is 4.83. The van der Waals surface area contributed by atoms with Crippen LogP contribution in [0.15, 0.2) is 66.2 Å². The van der Waals surface area contributed by atoms with Gasteiger partial charge in [-0.05, 0) is 46.5 Å². The first-order chi connectivity index (χ1) is 20.7. The standard InChI is InChI=1S/C34H39FN4O2S2/c1-33(2,3)25-11-9-24(10-12-25)23-39-20-16-34(41-30-27(35)7-4-8-28(30)39)14-18-38(19-15-34)32-37-22-29(43-32)31(40)36-17-13-26-6-5-21-42-26/h4-12,21-22H,13-20,23H2,1-3H3,(H,36,40). The van der Waals surface area contributed by atoms with Crippen molar-refractivity contribution in [2.45, 2.75) is 64.0 Å². The number of carbonyl (C=O) groups is 1. The number of benzene rings is 2. The lowest BCUT2D eigenvalue weighted by molar-refractivity contribution is 0.0375. The minimum Gasteiger partial charge on any atom is -0.482 e. The lowest BCUT2D eigenvalue weighted by atomic mass is 9.86. The van der Waals surface area contributed by atoms with E-state index in [1.54, 1.807) is 23.6 Å². The summed E-state index contributed by atoms with van der Waals surface area (Å²) in [7, 11) is 0. The van der Waals surface area contributed by atoms with E-state index in [9.17, 15) is 4.79 Å². The number of thiophene rings is 1. The third kappa shape index (κ3) is 6.73. The number of amides is 1. The second-order valence-corrected chi connectivity index (χ2v) is 14.6. The Bertz CT molecular complexity index is 1540. The molecule has 1 saturated heterocycles. The van der Waals surface area contributed by atoms with Crippen molar-refractivity contribution in [3.8, 4) is 5.75 Å². The molecule has 1 spiro atoms. The van der Waals surface area contributed by atoms with E-state index in [1.165, 1.54) is 33.4 Å². The molecule has 0 aliphatic carbocycles. The average Bonchev–Trinajstić information content (AvgIpc) is 3.67. The van der Waals surface area contributed by atoms with Crippen molar-refractivity contribution in [2.75, 3.05) is 36.0 Å². The summed E-state index contributed by atoms with van der Waals surface area (Å²) in [6.45, 7) is 10.2. The van der Waals surface area contributed by atoms with Gasteiger partial charge in [0.1, 0.15) is 10.5 Å². The molecule has 6 rings (SSSR count). The van der Waals surface area contributed by atoms with E-state index in [1.807, 2.05) is 17.5 Å². The number of nitrogens with one attached hydrogen (secondary N) is 1. The van der Waals surface area contributed by atoms with Crippen LogP contribution in [0.2, 0.25) is 0 Å². The van der Waals surface area contributed by atoms with Gasteiger partial charge < -0.3 is 19.9 Å². The number of piperidine rings is 1. The molecule has 2 aliphatic rings. The van der Waals surface area contributed by atoms with E-state index in [2.05, 4.69) is 71.2 Å². The zero-order valence-electron chi connectivity index (χ0n) is 25.1. The van der Waals surface area contributed by atoms with Gasteiger partial charge in [0.25, 0.3) is 5.91 Å². The van der Waals surface area contributed by atoms with E-state index in [0.717, 1.165) is 56.1 Å². The minimum atomic E-state index is -0.447. The number of rotatable bonds is 7. The normalized spacial score (nSPS) is 16.5. The van der Waals surface area contributed by atoms with Crippen LogP contribution in [0.1, 0.15) is 65.7 Å². The average molecular weight is 619 g/mol. The molecule has 43 heavy (non-hydrogen) atoms. The van der Waals surface area contributed by atoms with E-state index in [0.29, 0.717) is 23.7 Å². The van der Waals surface area contributed by atoms with Crippen molar-refractivity contribution < 1.29 is 13.9 Å². The van der Waals surface area contributed by atoms with Gasteiger partial charge in [0.05, 0.1) is 11.9 Å². The molecule has 9 heteroatoms. The van der Waals surface area contributed by atoms with Crippen LogP contribution in [-0.4, -0.2) is 42.7 Å². The van der Waals surface area contributed by atoms with E-state index in [4.69, 9.17) is 4.74 Å². The number of hydrogen-bond donors (Lipinski definition) is 1. The van der Waals surface area contributed by atoms with Crippen molar-refractivity contribution in [1.29, 1.82) is 0 Å². The predicted octanol–water partition coefficient (Wildman–Crippen LogP) is 7.44. The Morgan fingerprint density at radius 2 is 1.81 bits per heavy atom. The van der Waals surface area contributed by atoms with Crippen molar-refractivity contribution in [2.24, 2.45) is 0 Å². The second-order valence-electron chi connectivity index (χ2n) is 12.6. The van der Waals surface area contributed by atoms with Crippen molar-refractivity contribution >= 4 is 39.4 Å². The predicted molar refractivity (Wildman–Crippen MR) is 174 cm³/mol. The number of ether oxygens (including phenoxy) is 1. The summed E-state index contributed by atoms with van der Waals surface area (Å²) in [5.74, 6) is -0.0411. The molecule has 4 aromatic rings. The monoisotopic (exact) mass is 618 g/mol. The molecule has 2 aliphatic heterocycles. The number of fused-ring (bicyclic) bond motifs is 1. The SMILES string of the molecule is CC(C)(C)c1ccc(CN2CCC3(CCN(c4ncc(C(=O)NCCc5cccs5)s4)CC3)Oc3c(F)cccc32)cc1. The molecule has 0 unspecified atom stereocenters. The van der Waals surface area contributed by atoms with Gasteiger partial charge in [0, 0.05) is 56.9 Å². The molecule has 1 fully saturated rings. The molecule has 226 valence electrons. The number of thiazole rings is 1. The van der Waals surface area contributed by atoms with Crippen LogP contribution < -0.4 is 19.9 Å². The zero-order valence-corrected chi connectivity index (χ0v) is 26.7. The first-order valence-electron chi connectivity index (χ1n) is 15.0. The highest BCUT2D eigenvalue weighted by Crippen LogP contribution is 2.43. The van der Waals surface area contributed by atoms with Crippen LogP contribution in [0.25, 0.3) is 0 Å². The maximum Gasteiger partial charge on any atom is 0.263 e. The Morgan fingerprint density at radius 1 is 1.05 bits per heavy atom. The highest BCUT2D eigenvalue weighted by Gasteiger charge is 2.41. The van der Waals surface area contributed by atoms with Crippen LogP contribution in [0, 0.1) is 5.82 Å². The summed E-state index contributed by atoms with van der Waals surface area (Å²) < 4.78 is 21.9. The summed E-state index contributed by atoms with van der Waals surface area (Å²) in [4.78, 5) is 23.6. The molecule has 2 aromatic carbocycles. The van der Waals surface area contributed by atoms with Crippen molar-refractivity contribution in [1.82, 2.24) is 10.3 Å². The number of anilines is 2. The number of para-hydroxylation sites is 1. The van der Waals surface area contributed by atoms with Crippen LogP contribution in [-0.2, 0) is 18.4 Å². The minimum absolute atomic E-state index is 0.0823. The Kier molecular flexibility index (Phi) is 8.47. The van der Waals surface area contributed by atoms with Gasteiger partial charge in [-0.25, -0.2) is 9.37 Å². The Balaban J connectivity index is 1.10. The van der Waals surface area contributed by atoms with Gasteiger partial charge in [0.15, 0.2) is 16.7 Å². The molecule has 6 nitrogen and oxygen atoms in total. The Hall–Kier alpha value is -3.43. The fourth-order valence-corrected chi connectivity index (χ4v) is 7.48.